The predicted octanol–water partition coefficient (Wildman–Crippen LogP) is 4.17. The zero-order valence-corrected chi connectivity index (χ0v) is 14.9. The second kappa shape index (κ2) is 6.23. The molecule has 1 atom stereocenters. The average Bonchev–Trinajstić information content (AvgIpc) is 3.02. The summed E-state index contributed by atoms with van der Waals surface area (Å²) in [6.45, 7) is 10.2. The van der Waals surface area contributed by atoms with Gasteiger partial charge in [0.25, 0.3) is 5.91 Å². The minimum absolute atomic E-state index is 0.0176. The largest absolute Gasteiger partial charge is 0.333 e. The normalized spacial score (nSPS) is 12.7. The maximum Gasteiger partial charge on any atom is 0.266 e. The second-order valence-corrected chi connectivity index (χ2v) is 7.43. The number of aryl methyl sites for hydroxylation is 2. The molecule has 0 aliphatic heterocycles. The van der Waals surface area contributed by atoms with Crippen molar-refractivity contribution in [2.24, 2.45) is 0 Å². The molecule has 0 aliphatic rings. The van der Waals surface area contributed by atoms with Crippen molar-refractivity contribution in [2.45, 2.75) is 46.6 Å². The van der Waals surface area contributed by atoms with Crippen molar-refractivity contribution in [3.8, 4) is 0 Å². The summed E-state index contributed by atoms with van der Waals surface area (Å²) in [7, 11) is 1.85. The van der Waals surface area contributed by atoms with Crippen LogP contribution < -0.4 is 0 Å². The number of amides is 1. The van der Waals surface area contributed by atoms with Crippen LogP contribution in [-0.2, 0) is 0 Å². The maximum atomic E-state index is 12.6. The van der Waals surface area contributed by atoms with Crippen molar-refractivity contribution in [3.63, 3.8) is 0 Å². The Labute approximate surface area is 133 Å². The van der Waals surface area contributed by atoms with E-state index < -0.39 is 0 Å². The molecule has 2 heterocycles. The lowest BCUT2D eigenvalue weighted by molar-refractivity contribution is 0.0748. The first kappa shape index (κ1) is 16.1. The lowest BCUT2D eigenvalue weighted by Gasteiger charge is -2.24. The number of thiazole rings is 2. The van der Waals surface area contributed by atoms with Crippen molar-refractivity contribution in [2.75, 3.05) is 7.05 Å². The van der Waals surface area contributed by atoms with Gasteiger partial charge in [0.05, 0.1) is 27.9 Å². The number of hydrogen-bond donors (Lipinski definition) is 0. The van der Waals surface area contributed by atoms with Crippen LogP contribution in [0, 0.1) is 13.8 Å². The van der Waals surface area contributed by atoms with Gasteiger partial charge >= 0.3 is 0 Å². The van der Waals surface area contributed by atoms with E-state index in [0.717, 1.165) is 26.1 Å². The van der Waals surface area contributed by atoms with Gasteiger partial charge in [-0.1, -0.05) is 13.8 Å². The van der Waals surface area contributed by atoms with Crippen LogP contribution in [-0.4, -0.2) is 27.8 Å². The summed E-state index contributed by atoms with van der Waals surface area (Å²) in [5.41, 5.74) is 3.54. The van der Waals surface area contributed by atoms with Crippen molar-refractivity contribution < 1.29 is 4.79 Å². The van der Waals surface area contributed by atoms with Crippen LogP contribution in [0.3, 0.4) is 0 Å². The highest BCUT2D eigenvalue weighted by molar-refractivity contribution is 7.12. The monoisotopic (exact) mass is 323 g/mol. The van der Waals surface area contributed by atoms with Crippen LogP contribution in [0.25, 0.3) is 0 Å². The molecule has 4 nitrogen and oxygen atoms in total. The molecule has 2 aromatic rings. The van der Waals surface area contributed by atoms with Crippen LogP contribution in [0.15, 0.2) is 5.51 Å². The van der Waals surface area contributed by atoms with E-state index in [4.69, 9.17) is 0 Å². The first-order valence-electron chi connectivity index (χ1n) is 6.97. The Balaban J connectivity index is 2.25. The van der Waals surface area contributed by atoms with Crippen LogP contribution >= 0.6 is 22.7 Å². The summed E-state index contributed by atoms with van der Waals surface area (Å²) in [6, 6.07) is 0.0176. The molecule has 114 valence electrons. The Morgan fingerprint density at radius 2 is 1.90 bits per heavy atom. The topological polar surface area (TPSA) is 46.1 Å². The smallest absolute Gasteiger partial charge is 0.266 e. The molecule has 2 aromatic heterocycles. The molecule has 0 bridgehead atoms. The number of aromatic nitrogens is 2. The number of carbonyl (C=O) groups is 1. The molecule has 0 saturated carbocycles. The molecular weight excluding hydrogens is 302 g/mol. The molecule has 0 radical (unpaired) electrons. The van der Waals surface area contributed by atoms with E-state index in [1.54, 1.807) is 21.7 Å². The van der Waals surface area contributed by atoms with Crippen molar-refractivity contribution >= 4 is 28.6 Å². The second-order valence-electron chi connectivity index (χ2n) is 5.52. The molecular formula is C15H21N3OS2. The van der Waals surface area contributed by atoms with Gasteiger partial charge < -0.3 is 4.90 Å². The van der Waals surface area contributed by atoms with E-state index in [1.165, 1.54) is 11.3 Å². The lowest BCUT2D eigenvalue weighted by atomic mass is 10.2. The van der Waals surface area contributed by atoms with E-state index in [0.29, 0.717) is 5.92 Å². The highest BCUT2D eigenvalue weighted by Crippen LogP contribution is 2.32. The first-order valence-corrected chi connectivity index (χ1v) is 8.67. The highest BCUT2D eigenvalue weighted by Gasteiger charge is 2.25. The SMILES string of the molecule is Cc1ncsc1C(=O)N(C)[C@@H](C)c1sc(C(C)C)nc1C. The summed E-state index contributed by atoms with van der Waals surface area (Å²) in [5, 5.41) is 1.13. The maximum absolute atomic E-state index is 12.6. The molecule has 0 spiro atoms. The third-order valence-electron chi connectivity index (χ3n) is 3.56. The third kappa shape index (κ3) is 3.16. The molecule has 6 heteroatoms. The number of hydrogen-bond acceptors (Lipinski definition) is 5. The van der Waals surface area contributed by atoms with Gasteiger partial charge in [-0.3, -0.25) is 4.79 Å². The predicted molar refractivity (Wildman–Crippen MR) is 88.3 cm³/mol. The van der Waals surface area contributed by atoms with Gasteiger partial charge in [0, 0.05) is 17.8 Å². The number of carbonyl (C=O) groups excluding carboxylic acids is 1. The van der Waals surface area contributed by atoms with E-state index in [-0.39, 0.29) is 11.9 Å². The molecule has 2 rings (SSSR count). The molecule has 21 heavy (non-hydrogen) atoms. The average molecular weight is 323 g/mol. The highest BCUT2D eigenvalue weighted by atomic mass is 32.1. The van der Waals surface area contributed by atoms with Crippen molar-refractivity contribution in [1.82, 2.24) is 14.9 Å². The van der Waals surface area contributed by atoms with Gasteiger partial charge in [-0.15, -0.1) is 22.7 Å². The first-order chi connectivity index (χ1) is 9.82. The summed E-state index contributed by atoms with van der Waals surface area (Å²) in [4.78, 5) is 25.0. The van der Waals surface area contributed by atoms with Gasteiger partial charge in [0.15, 0.2) is 0 Å². The quantitative estimate of drug-likeness (QED) is 0.848. The summed E-state index contributed by atoms with van der Waals surface area (Å²) < 4.78 is 0. The fourth-order valence-electron chi connectivity index (χ4n) is 2.08. The number of nitrogens with zero attached hydrogens (tertiary/aromatic N) is 3. The molecule has 0 aromatic carbocycles. The van der Waals surface area contributed by atoms with Crippen LogP contribution in [0.5, 0.6) is 0 Å². The minimum atomic E-state index is 0.0176. The lowest BCUT2D eigenvalue weighted by Crippen LogP contribution is -2.29. The third-order valence-corrected chi connectivity index (χ3v) is 6.11. The Morgan fingerprint density at radius 3 is 2.38 bits per heavy atom. The standard InChI is InChI=1S/C15H21N3OS2/c1-8(2)14-17-10(4)12(21-14)11(5)18(6)15(19)13-9(3)16-7-20-13/h7-8,11H,1-6H3/t11-/m0/s1. The fourth-order valence-corrected chi connectivity index (χ4v) is 4.03. The molecule has 0 aliphatic carbocycles. The zero-order chi connectivity index (χ0) is 15.7. The van der Waals surface area contributed by atoms with E-state index in [2.05, 4.69) is 30.7 Å². The minimum Gasteiger partial charge on any atom is -0.333 e. The molecule has 1 amide bonds. The molecule has 0 N–H and O–H groups in total. The van der Waals surface area contributed by atoms with Crippen LogP contribution in [0.4, 0.5) is 0 Å². The Morgan fingerprint density at radius 1 is 1.24 bits per heavy atom. The Kier molecular flexibility index (Phi) is 4.78. The molecule has 0 fully saturated rings. The van der Waals surface area contributed by atoms with Crippen molar-refractivity contribution in [3.05, 3.63) is 31.7 Å². The van der Waals surface area contributed by atoms with Crippen molar-refractivity contribution in [1.29, 1.82) is 0 Å². The van der Waals surface area contributed by atoms with Gasteiger partial charge in [0.1, 0.15) is 4.88 Å². The summed E-state index contributed by atoms with van der Waals surface area (Å²) in [6.07, 6.45) is 0. The van der Waals surface area contributed by atoms with Crippen LogP contribution in [0.1, 0.15) is 63.7 Å². The van der Waals surface area contributed by atoms with Crippen LogP contribution in [0.2, 0.25) is 0 Å². The summed E-state index contributed by atoms with van der Waals surface area (Å²) >= 11 is 3.10. The Bertz CT molecular complexity index is 645. The van der Waals surface area contributed by atoms with Gasteiger partial charge in [-0.05, 0) is 20.8 Å². The van der Waals surface area contributed by atoms with Gasteiger partial charge in [-0.25, -0.2) is 9.97 Å². The van der Waals surface area contributed by atoms with Gasteiger partial charge in [0.2, 0.25) is 0 Å². The number of rotatable bonds is 4. The zero-order valence-electron chi connectivity index (χ0n) is 13.3. The van der Waals surface area contributed by atoms with E-state index in [1.807, 2.05) is 20.9 Å². The van der Waals surface area contributed by atoms with E-state index in [9.17, 15) is 4.79 Å². The Hall–Kier alpha value is -1.27. The van der Waals surface area contributed by atoms with E-state index >= 15 is 0 Å². The fraction of sp³-hybridized carbons (Fsp3) is 0.533. The van der Waals surface area contributed by atoms with Gasteiger partial charge in [-0.2, -0.15) is 0 Å². The molecule has 0 saturated heterocycles. The summed E-state index contributed by atoms with van der Waals surface area (Å²) in [5.74, 6) is 0.445. The molecule has 0 unspecified atom stereocenters.